The van der Waals surface area contributed by atoms with Gasteiger partial charge in [-0.15, -0.1) is 0 Å². The topological polar surface area (TPSA) is 71.1 Å². The largest absolute Gasteiger partial charge is 0.338 e. The molecule has 0 aliphatic carbocycles. The van der Waals surface area contributed by atoms with Gasteiger partial charge in [-0.1, -0.05) is 47.5 Å². The molecule has 1 aromatic heterocycles. The van der Waals surface area contributed by atoms with E-state index in [0.29, 0.717) is 34.3 Å². The van der Waals surface area contributed by atoms with Crippen molar-refractivity contribution in [3.63, 3.8) is 0 Å². The van der Waals surface area contributed by atoms with Gasteiger partial charge in [0.2, 0.25) is 5.62 Å². The van der Waals surface area contributed by atoms with Crippen molar-refractivity contribution in [2.24, 2.45) is 5.92 Å². The molecule has 36 heavy (non-hydrogen) atoms. The van der Waals surface area contributed by atoms with Gasteiger partial charge in [0.15, 0.2) is 5.78 Å². The van der Waals surface area contributed by atoms with Crippen LogP contribution in [0.2, 0.25) is 10.0 Å². The number of halogens is 2. The zero-order chi connectivity index (χ0) is 25.2. The molecular weight excluding hydrogens is 495 g/mol. The minimum atomic E-state index is -0.110. The number of imidazole rings is 1. The van der Waals surface area contributed by atoms with E-state index in [1.165, 1.54) is 0 Å². The van der Waals surface area contributed by atoms with Crippen LogP contribution in [0.4, 0.5) is 0 Å². The molecule has 1 saturated heterocycles. The Balaban J connectivity index is 1.43. The fourth-order valence-corrected chi connectivity index (χ4v) is 5.38. The maximum absolute atomic E-state index is 13.0. The summed E-state index contributed by atoms with van der Waals surface area (Å²) in [5.74, 6) is 0.0923. The maximum Gasteiger partial charge on any atom is 0.253 e. The number of ketones is 1. The number of piperidine rings is 1. The molecule has 3 aromatic carbocycles. The van der Waals surface area contributed by atoms with Crippen LogP contribution < -0.4 is 5.62 Å². The highest BCUT2D eigenvalue weighted by Gasteiger charge is 2.26. The van der Waals surface area contributed by atoms with Crippen LogP contribution in [-0.2, 0) is 13.1 Å². The number of aromatic nitrogens is 2. The summed E-state index contributed by atoms with van der Waals surface area (Å²) in [7, 11) is 0. The second-order valence-corrected chi connectivity index (χ2v) is 10.0. The Labute approximate surface area is 219 Å². The minimum Gasteiger partial charge on any atom is -0.338 e. The highest BCUT2D eigenvalue weighted by molar-refractivity contribution is 6.35. The van der Waals surface area contributed by atoms with Gasteiger partial charge in [-0.2, -0.15) is 0 Å². The minimum absolute atomic E-state index is 0.0214. The molecule has 0 spiro atoms. The summed E-state index contributed by atoms with van der Waals surface area (Å²) in [6.07, 6.45) is 1.85. The molecule has 2 heterocycles. The molecule has 0 saturated carbocycles. The third-order valence-corrected chi connectivity index (χ3v) is 7.33. The van der Waals surface area contributed by atoms with Crippen LogP contribution in [0.1, 0.15) is 33.6 Å². The van der Waals surface area contributed by atoms with E-state index in [-0.39, 0.29) is 29.8 Å². The first-order chi connectivity index (χ1) is 17.4. The molecule has 1 atom stereocenters. The molecule has 1 fully saturated rings. The lowest BCUT2D eigenvalue weighted by Gasteiger charge is -2.33. The number of hydrogen-bond donors (Lipinski definition) is 1. The Hall–Kier alpha value is -3.35. The van der Waals surface area contributed by atoms with Gasteiger partial charge in [0.05, 0.1) is 22.6 Å². The maximum atomic E-state index is 13.0. The standard InChI is InChI=1S/C28H26Cl2N4O2/c29-22-13-11-20(12-14-22)25(35)18-33-24-10-4-9-23(30)26(24)34(28(33)31)17-19-6-5-15-32(16-19)27(36)21-7-2-1-3-8-21/h1-4,7-14,19,31H,5-6,15-18H2. The van der Waals surface area contributed by atoms with Crippen LogP contribution >= 0.6 is 23.2 Å². The van der Waals surface area contributed by atoms with Crippen LogP contribution in [0.25, 0.3) is 11.0 Å². The van der Waals surface area contributed by atoms with Crippen molar-refractivity contribution in [3.8, 4) is 0 Å². The van der Waals surface area contributed by atoms with Crippen LogP contribution in [0.5, 0.6) is 0 Å². The quantitative estimate of drug-likeness (QED) is 0.333. The molecule has 0 radical (unpaired) electrons. The van der Waals surface area contributed by atoms with Crippen LogP contribution in [0.3, 0.4) is 0 Å². The number of para-hydroxylation sites is 1. The van der Waals surface area contributed by atoms with Crippen molar-refractivity contribution in [1.82, 2.24) is 14.0 Å². The summed E-state index contributed by atoms with van der Waals surface area (Å²) in [5, 5.41) is 10.1. The number of amides is 1. The summed E-state index contributed by atoms with van der Waals surface area (Å²) >= 11 is 12.6. The van der Waals surface area contributed by atoms with E-state index in [2.05, 4.69) is 0 Å². The Morgan fingerprint density at radius 3 is 2.39 bits per heavy atom. The van der Waals surface area contributed by atoms with E-state index >= 15 is 0 Å². The summed E-state index contributed by atoms with van der Waals surface area (Å²) < 4.78 is 3.59. The average molecular weight is 521 g/mol. The molecule has 1 aliphatic rings. The highest BCUT2D eigenvalue weighted by Crippen LogP contribution is 2.26. The first kappa shape index (κ1) is 24.3. The number of fused-ring (bicyclic) bond motifs is 1. The van der Waals surface area contributed by atoms with Crippen molar-refractivity contribution in [1.29, 1.82) is 5.41 Å². The van der Waals surface area contributed by atoms with Crippen LogP contribution in [0, 0.1) is 11.3 Å². The van der Waals surface area contributed by atoms with Crippen molar-refractivity contribution < 1.29 is 9.59 Å². The zero-order valence-electron chi connectivity index (χ0n) is 19.7. The number of benzene rings is 3. The number of hydrogen-bond acceptors (Lipinski definition) is 3. The third kappa shape index (κ3) is 4.84. The van der Waals surface area contributed by atoms with E-state index in [1.54, 1.807) is 34.9 Å². The van der Waals surface area contributed by atoms with Gasteiger partial charge >= 0.3 is 0 Å². The van der Waals surface area contributed by atoms with Gasteiger partial charge in [-0.3, -0.25) is 15.0 Å². The number of carbonyl (C=O) groups is 2. The van der Waals surface area contributed by atoms with Crippen molar-refractivity contribution in [3.05, 3.63) is 99.6 Å². The predicted octanol–water partition coefficient (Wildman–Crippen LogP) is 5.66. The number of Topliss-reactive ketones (excluding diaryl/α,β-unsaturated/α-hetero) is 1. The number of likely N-dealkylation sites (tertiary alicyclic amines) is 1. The molecule has 0 bridgehead atoms. The fourth-order valence-electron chi connectivity index (χ4n) is 4.98. The molecule has 6 nitrogen and oxygen atoms in total. The molecule has 1 N–H and O–H groups in total. The number of rotatable bonds is 6. The van der Waals surface area contributed by atoms with Crippen molar-refractivity contribution in [2.75, 3.05) is 13.1 Å². The van der Waals surface area contributed by atoms with Gasteiger partial charge in [-0.25, -0.2) is 0 Å². The van der Waals surface area contributed by atoms with Crippen LogP contribution in [0.15, 0.2) is 72.8 Å². The summed E-state index contributed by atoms with van der Waals surface area (Å²) in [5.41, 5.74) is 2.92. The lowest BCUT2D eigenvalue weighted by molar-refractivity contribution is 0.0661. The van der Waals surface area contributed by atoms with E-state index in [4.69, 9.17) is 28.6 Å². The Kier molecular flexibility index (Phi) is 6.99. The van der Waals surface area contributed by atoms with E-state index in [0.717, 1.165) is 30.4 Å². The number of nitrogens with zero attached hydrogens (tertiary/aromatic N) is 3. The number of nitrogens with one attached hydrogen (secondary N) is 1. The van der Waals surface area contributed by atoms with Gasteiger partial charge in [0.25, 0.3) is 5.91 Å². The molecule has 1 unspecified atom stereocenters. The first-order valence-corrected chi connectivity index (χ1v) is 12.7. The molecule has 1 aliphatic heterocycles. The average Bonchev–Trinajstić information content (AvgIpc) is 3.16. The van der Waals surface area contributed by atoms with Gasteiger partial charge in [-0.05, 0) is 67.3 Å². The second-order valence-electron chi connectivity index (χ2n) is 9.18. The lowest BCUT2D eigenvalue weighted by atomic mass is 9.97. The summed E-state index contributed by atoms with van der Waals surface area (Å²) in [6.45, 7) is 1.90. The molecule has 4 aromatic rings. The molecule has 8 heteroatoms. The smallest absolute Gasteiger partial charge is 0.253 e. The van der Waals surface area contributed by atoms with E-state index < -0.39 is 0 Å². The highest BCUT2D eigenvalue weighted by atomic mass is 35.5. The molecule has 184 valence electrons. The third-order valence-electron chi connectivity index (χ3n) is 6.77. The SMILES string of the molecule is N=c1n(CC(=O)c2ccc(Cl)cc2)c2cccc(Cl)c2n1CC1CCCN(C(=O)c2ccccc2)C1. The lowest BCUT2D eigenvalue weighted by Crippen LogP contribution is -2.42. The van der Waals surface area contributed by atoms with Crippen molar-refractivity contribution >= 4 is 45.9 Å². The Bertz CT molecular complexity index is 1480. The van der Waals surface area contributed by atoms with Gasteiger partial charge < -0.3 is 14.0 Å². The Morgan fingerprint density at radius 2 is 1.64 bits per heavy atom. The molecule has 5 rings (SSSR count). The molecule has 1 amide bonds. The summed E-state index contributed by atoms with van der Waals surface area (Å²) in [4.78, 5) is 27.9. The normalized spacial score (nSPS) is 15.8. The Morgan fingerprint density at radius 1 is 0.889 bits per heavy atom. The monoisotopic (exact) mass is 520 g/mol. The van der Waals surface area contributed by atoms with E-state index in [9.17, 15) is 9.59 Å². The van der Waals surface area contributed by atoms with Gasteiger partial charge in [0, 0.05) is 35.8 Å². The van der Waals surface area contributed by atoms with Crippen LogP contribution in [-0.4, -0.2) is 38.8 Å². The summed E-state index contributed by atoms with van der Waals surface area (Å²) in [6, 6.07) is 21.6. The van der Waals surface area contributed by atoms with Gasteiger partial charge in [0.1, 0.15) is 0 Å². The van der Waals surface area contributed by atoms with Crippen molar-refractivity contribution in [2.45, 2.75) is 25.9 Å². The molecular formula is C28H26Cl2N4O2. The number of carbonyl (C=O) groups excluding carboxylic acids is 2. The first-order valence-electron chi connectivity index (χ1n) is 12.0. The zero-order valence-corrected chi connectivity index (χ0v) is 21.2. The predicted molar refractivity (Wildman–Crippen MR) is 142 cm³/mol. The second kappa shape index (κ2) is 10.3. The van der Waals surface area contributed by atoms with E-state index in [1.807, 2.05) is 51.9 Å². The fraction of sp³-hybridized carbons (Fsp3) is 0.250.